The molecule has 7 nitrogen and oxygen atoms in total. The van der Waals surface area contributed by atoms with Crippen molar-refractivity contribution in [3.05, 3.63) is 30.1 Å². The summed E-state index contributed by atoms with van der Waals surface area (Å²) in [6, 6.07) is 5.18. The van der Waals surface area contributed by atoms with Gasteiger partial charge in [0, 0.05) is 12.3 Å². The summed E-state index contributed by atoms with van der Waals surface area (Å²) in [4.78, 5) is 9.42. The van der Waals surface area contributed by atoms with E-state index in [0.717, 1.165) is 11.1 Å². The van der Waals surface area contributed by atoms with Crippen molar-refractivity contribution in [2.45, 2.75) is 6.92 Å². The smallest absolute Gasteiger partial charge is 0.189 e. The number of benzene rings is 1. The van der Waals surface area contributed by atoms with Gasteiger partial charge >= 0.3 is 0 Å². The highest BCUT2D eigenvalue weighted by atomic mass is 16.3. The maximum Gasteiger partial charge on any atom is 0.189 e. The van der Waals surface area contributed by atoms with Gasteiger partial charge in [-0.25, -0.2) is 9.97 Å². The number of aromatic nitrogens is 4. The summed E-state index contributed by atoms with van der Waals surface area (Å²) < 4.78 is 0. The van der Waals surface area contributed by atoms with Crippen LogP contribution in [0.15, 0.2) is 29.6 Å². The van der Waals surface area contributed by atoms with Gasteiger partial charge in [-0.15, -0.1) is 9.89 Å². The molecule has 0 aliphatic heterocycles. The van der Waals surface area contributed by atoms with Crippen LogP contribution in [0.3, 0.4) is 0 Å². The Bertz CT molecular complexity index is 823. The largest absolute Gasteiger partial charge is 0.508 e. The van der Waals surface area contributed by atoms with Gasteiger partial charge in [0.1, 0.15) is 23.6 Å². The molecule has 1 aromatic carbocycles. The van der Waals surface area contributed by atoms with Crippen LogP contribution in [0.4, 0.5) is 5.82 Å². The molecule has 0 unspecified atom stereocenters. The van der Waals surface area contributed by atoms with Crippen molar-refractivity contribution in [2.75, 3.05) is 5.73 Å². The fraction of sp³-hybridized carbons (Fsp3) is 0.0769. The van der Waals surface area contributed by atoms with Crippen molar-refractivity contribution in [2.24, 2.45) is 5.10 Å². The topological polar surface area (TPSA) is 102 Å². The summed E-state index contributed by atoms with van der Waals surface area (Å²) in [7, 11) is 0. The maximum atomic E-state index is 9.61. The Balaban J connectivity index is 2.35. The molecule has 0 radical (unpaired) electrons. The van der Waals surface area contributed by atoms with E-state index in [2.05, 4.69) is 26.9 Å². The minimum Gasteiger partial charge on any atom is -0.508 e. The Morgan fingerprint density at radius 3 is 2.85 bits per heavy atom. The molecule has 0 aliphatic rings. The summed E-state index contributed by atoms with van der Waals surface area (Å²) in [5.41, 5.74) is 8.56. The third kappa shape index (κ3) is 1.68. The fourth-order valence-corrected chi connectivity index (χ4v) is 2.06. The van der Waals surface area contributed by atoms with Crippen LogP contribution in [0.1, 0.15) is 5.56 Å². The number of nitrogens with zero attached hydrogens (tertiary/aromatic N) is 5. The van der Waals surface area contributed by atoms with Gasteiger partial charge in [-0.3, -0.25) is 0 Å². The molecule has 20 heavy (non-hydrogen) atoms. The molecule has 3 N–H and O–H groups in total. The van der Waals surface area contributed by atoms with Gasteiger partial charge in [0.25, 0.3) is 0 Å². The van der Waals surface area contributed by atoms with E-state index >= 15 is 0 Å². The van der Waals surface area contributed by atoms with Gasteiger partial charge in [-0.1, -0.05) is 0 Å². The molecule has 7 heteroatoms. The first kappa shape index (κ1) is 12.1. The van der Waals surface area contributed by atoms with Crippen LogP contribution in [0.2, 0.25) is 0 Å². The lowest BCUT2D eigenvalue weighted by Crippen LogP contribution is -1.94. The van der Waals surface area contributed by atoms with Gasteiger partial charge in [0.15, 0.2) is 5.65 Å². The Morgan fingerprint density at radius 2 is 2.15 bits per heavy atom. The third-order valence-electron chi connectivity index (χ3n) is 3.08. The molecule has 0 bridgehead atoms. The molecule has 100 valence electrons. The second-order valence-corrected chi connectivity index (χ2v) is 4.34. The molecule has 0 amide bonds. The van der Waals surface area contributed by atoms with E-state index in [1.54, 1.807) is 12.1 Å². The number of phenolic OH excluding ortho intramolecular Hbond substituents is 1. The van der Waals surface area contributed by atoms with Crippen LogP contribution in [-0.2, 0) is 0 Å². The molecule has 0 atom stereocenters. The van der Waals surface area contributed by atoms with Crippen molar-refractivity contribution in [3.63, 3.8) is 0 Å². The molecule has 2 aromatic heterocycles. The van der Waals surface area contributed by atoms with Crippen LogP contribution in [0.25, 0.3) is 22.3 Å². The second-order valence-electron chi connectivity index (χ2n) is 4.34. The van der Waals surface area contributed by atoms with Crippen molar-refractivity contribution >= 4 is 23.6 Å². The van der Waals surface area contributed by atoms with E-state index < -0.39 is 0 Å². The van der Waals surface area contributed by atoms with E-state index in [1.807, 2.05) is 13.0 Å². The number of hydrogen-bond donors (Lipinski definition) is 2. The average molecular weight is 268 g/mol. The summed E-state index contributed by atoms with van der Waals surface area (Å²) >= 11 is 0. The quantitative estimate of drug-likeness (QED) is 0.686. The Labute approximate surface area is 114 Å². The minimum atomic E-state index is 0.226. The monoisotopic (exact) mass is 268 g/mol. The van der Waals surface area contributed by atoms with Crippen LogP contribution in [0, 0.1) is 6.92 Å². The predicted molar refractivity (Wildman–Crippen MR) is 76.5 cm³/mol. The van der Waals surface area contributed by atoms with E-state index in [0.29, 0.717) is 22.5 Å². The number of anilines is 1. The van der Waals surface area contributed by atoms with Crippen LogP contribution >= 0.6 is 0 Å². The molecule has 0 fully saturated rings. The first-order valence-electron chi connectivity index (χ1n) is 5.88. The lowest BCUT2D eigenvalue weighted by molar-refractivity contribution is 0.471. The molecule has 0 saturated heterocycles. The zero-order valence-electron chi connectivity index (χ0n) is 10.8. The number of phenols is 1. The van der Waals surface area contributed by atoms with Crippen LogP contribution in [0.5, 0.6) is 5.75 Å². The number of nitrogens with two attached hydrogens (primary N) is 1. The highest BCUT2D eigenvalue weighted by molar-refractivity contribution is 5.98. The molecular formula is C13H12N6O. The summed E-state index contributed by atoms with van der Waals surface area (Å²) in [5, 5.41) is 18.3. The number of rotatable bonds is 2. The zero-order valence-corrected chi connectivity index (χ0v) is 10.8. The first-order chi connectivity index (χ1) is 9.61. The molecule has 0 aliphatic carbocycles. The van der Waals surface area contributed by atoms with Crippen LogP contribution < -0.4 is 5.73 Å². The molecule has 0 saturated carbocycles. The number of hydrogen-bond acceptors (Lipinski definition) is 6. The second kappa shape index (κ2) is 4.30. The van der Waals surface area contributed by atoms with Gasteiger partial charge in [0.2, 0.25) is 0 Å². The van der Waals surface area contributed by atoms with Crippen molar-refractivity contribution < 1.29 is 5.11 Å². The lowest BCUT2D eigenvalue weighted by atomic mass is 10.1. The van der Waals surface area contributed by atoms with Gasteiger partial charge in [-0.2, -0.15) is 5.10 Å². The van der Waals surface area contributed by atoms with Gasteiger partial charge in [0.05, 0.1) is 5.39 Å². The number of aromatic hydroxyl groups is 1. The number of aryl methyl sites for hydroxylation is 1. The summed E-state index contributed by atoms with van der Waals surface area (Å²) in [6.07, 6.45) is 1.35. The molecule has 3 rings (SSSR count). The Kier molecular flexibility index (Phi) is 2.60. The number of fused-ring (bicyclic) bond motifs is 1. The van der Waals surface area contributed by atoms with Gasteiger partial charge in [-0.05, 0) is 30.7 Å². The van der Waals surface area contributed by atoms with Crippen molar-refractivity contribution in [3.8, 4) is 17.0 Å². The summed E-state index contributed by atoms with van der Waals surface area (Å²) in [5.74, 6) is 0.550. The number of nitrogen functional groups attached to an aromatic ring is 1. The normalized spacial score (nSPS) is 10.8. The highest BCUT2D eigenvalue weighted by Crippen LogP contribution is 2.32. The molecule has 3 aromatic rings. The van der Waals surface area contributed by atoms with E-state index in [-0.39, 0.29) is 5.75 Å². The van der Waals surface area contributed by atoms with E-state index in [1.165, 1.54) is 11.1 Å². The SMILES string of the molecule is C=Nn1nc(-c2ccc(O)c(C)c2)c2c(N)ncnc21. The third-order valence-corrected chi connectivity index (χ3v) is 3.08. The Morgan fingerprint density at radius 1 is 1.35 bits per heavy atom. The minimum absolute atomic E-state index is 0.226. The standard InChI is InChI=1S/C13H12N6O/c1-7-5-8(3-4-9(7)20)11-10-12(14)16-6-17-13(10)19(15-2)18-11/h3-6,20H,2H2,1H3,(H2,14,16,17). The lowest BCUT2D eigenvalue weighted by Gasteiger charge is -2.02. The fourth-order valence-electron chi connectivity index (χ4n) is 2.06. The first-order valence-corrected chi connectivity index (χ1v) is 5.88. The van der Waals surface area contributed by atoms with Gasteiger partial charge < -0.3 is 10.8 Å². The highest BCUT2D eigenvalue weighted by Gasteiger charge is 2.17. The van der Waals surface area contributed by atoms with Crippen LogP contribution in [-0.4, -0.2) is 31.7 Å². The van der Waals surface area contributed by atoms with E-state index in [9.17, 15) is 5.11 Å². The van der Waals surface area contributed by atoms with Crippen molar-refractivity contribution in [1.82, 2.24) is 19.9 Å². The molecular weight excluding hydrogens is 256 g/mol. The maximum absolute atomic E-state index is 9.61. The van der Waals surface area contributed by atoms with E-state index in [4.69, 9.17) is 5.73 Å². The zero-order chi connectivity index (χ0) is 14.3. The molecule has 2 heterocycles. The van der Waals surface area contributed by atoms with Crippen molar-refractivity contribution in [1.29, 1.82) is 0 Å². The summed E-state index contributed by atoms with van der Waals surface area (Å²) in [6.45, 7) is 5.27. The average Bonchev–Trinajstić information content (AvgIpc) is 2.82. The predicted octanol–water partition coefficient (Wildman–Crippen LogP) is 1.55. The molecule has 0 spiro atoms. The Hall–Kier alpha value is -2.96.